The van der Waals surface area contributed by atoms with Crippen LogP contribution in [0.4, 0.5) is 0 Å². The van der Waals surface area contributed by atoms with E-state index >= 15 is 0 Å². The number of benzene rings is 1. The lowest BCUT2D eigenvalue weighted by molar-refractivity contribution is 0.213. The molecule has 2 nitrogen and oxygen atoms in total. The van der Waals surface area contributed by atoms with Gasteiger partial charge in [-0.25, -0.2) is 0 Å². The van der Waals surface area contributed by atoms with Gasteiger partial charge in [-0.1, -0.05) is 25.0 Å². The van der Waals surface area contributed by atoms with Crippen molar-refractivity contribution in [3.05, 3.63) is 29.8 Å². The standard InChI is InChI=1S/C16H24ClNO/c1-19-16-8-6-14(7-9-16)10-12-18(13-11-17)15-4-2-3-5-15/h6-9,15H,2-5,10-13H2,1H3. The minimum atomic E-state index is 0.735. The van der Waals surface area contributed by atoms with Crippen molar-refractivity contribution in [2.45, 2.75) is 38.1 Å². The summed E-state index contributed by atoms with van der Waals surface area (Å²) in [5.41, 5.74) is 1.37. The van der Waals surface area contributed by atoms with E-state index in [9.17, 15) is 0 Å². The van der Waals surface area contributed by atoms with Crippen molar-refractivity contribution < 1.29 is 4.74 Å². The van der Waals surface area contributed by atoms with E-state index in [4.69, 9.17) is 16.3 Å². The normalized spacial score (nSPS) is 16.2. The molecule has 0 aromatic heterocycles. The molecule has 0 saturated heterocycles. The average Bonchev–Trinajstić information content (AvgIpc) is 2.98. The molecule has 1 aliphatic carbocycles. The Morgan fingerprint density at radius 1 is 1.16 bits per heavy atom. The van der Waals surface area contributed by atoms with Gasteiger partial charge in [0, 0.05) is 25.0 Å². The van der Waals surface area contributed by atoms with Crippen molar-refractivity contribution in [3.8, 4) is 5.75 Å². The van der Waals surface area contributed by atoms with E-state index in [0.29, 0.717) is 0 Å². The monoisotopic (exact) mass is 281 g/mol. The average molecular weight is 282 g/mol. The Morgan fingerprint density at radius 3 is 2.42 bits per heavy atom. The van der Waals surface area contributed by atoms with Crippen LogP contribution in [-0.2, 0) is 6.42 Å². The second-order valence-corrected chi connectivity index (χ2v) is 5.64. The molecule has 1 saturated carbocycles. The molecule has 1 fully saturated rings. The summed E-state index contributed by atoms with van der Waals surface area (Å²) < 4.78 is 5.19. The molecule has 1 aliphatic rings. The molecule has 0 radical (unpaired) electrons. The minimum Gasteiger partial charge on any atom is -0.497 e. The number of hydrogen-bond donors (Lipinski definition) is 0. The highest BCUT2D eigenvalue weighted by molar-refractivity contribution is 6.18. The molecule has 0 atom stereocenters. The fourth-order valence-corrected chi connectivity index (χ4v) is 3.14. The summed E-state index contributed by atoms with van der Waals surface area (Å²) in [6, 6.07) is 9.16. The molecule has 0 unspecified atom stereocenters. The van der Waals surface area contributed by atoms with Crippen LogP contribution in [0.3, 0.4) is 0 Å². The van der Waals surface area contributed by atoms with Crippen LogP contribution >= 0.6 is 11.6 Å². The second kappa shape index (κ2) is 7.76. The van der Waals surface area contributed by atoms with Crippen LogP contribution in [0.15, 0.2) is 24.3 Å². The number of rotatable bonds is 7. The van der Waals surface area contributed by atoms with Gasteiger partial charge in [-0.15, -0.1) is 11.6 Å². The molecule has 0 spiro atoms. The van der Waals surface area contributed by atoms with Crippen molar-refractivity contribution in [2.75, 3.05) is 26.1 Å². The zero-order chi connectivity index (χ0) is 13.5. The maximum Gasteiger partial charge on any atom is 0.118 e. The second-order valence-electron chi connectivity index (χ2n) is 5.26. The molecule has 0 amide bonds. The van der Waals surface area contributed by atoms with Gasteiger partial charge in [0.25, 0.3) is 0 Å². The molecule has 3 heteroatoms. The number of ether oxygens (including phenoxy) is 1. The highest BCUT2D eigenvalue weighted by Gasteiger charge is 2.21. The lowest BCUT2D eigenvalue weighted by Gasteiger charge is -2.28. The van der Waals surface area contributed by atoms with Crippen molar-refractivity contribution in [1.29, 1.82) is 0 Å². The predicted octanol–water partition coefficient (Wildman–Crippen LogP) is 3.72. The molecule has 0 heterocycles. The quantitative estimate of drug-likeness (QED) is 0.706. The van der Waals surface area contributed by atoms with E-state index in [-0.39, 0.29) is 0 Å². The fraction of sp³-hybridized carbons (Fsp3) is 0.625. The Labute approximate surface area is 121 Å². The van der Waals surface area contributed by atoms with Crippen LogP contribution < -0.4 is 4.74 Å². The first-order chi connectivity index (χ1) is 9.33. The van der Waals surface area contributed by atoms with E-state index in [2.05, 4.69) is 17.0 Å². The first-order valence-electron chi connectivity index (χ1n) is 7.26. The first kappa shape index (κ1) is 14.7. The topological polar surface area (TPSA) is 12.5 Å². The van der Waals surface area contributed by atoms with Gasteiger partial charge in [-0.2, -0.15) is 0 Å². The number of methoxy groups -OCH3 is 1. The molecule has 0 N–H and O–H groups in total. The Hall–Kier alpha value is -0.730. The number of alkyl halides is 1. The molecule has 19 heavy (non-hydrogen) atoms. The maximum atomic E-state index is 5.94. The summed E-state index contributed by atoms with van der Waals surface area (Å²) in [6.45, 7) is 2.13. The molecular weight excluding hydrogens is 258 g/mol. The summed E-state index contributed by atoms with van der Waals surface area (Å²) in [5, 5.41) is 0. The third-order valence-corrected chi connectivity index (χ3v) is 4.23. The summed E-state index contributed by atoms with van der Waals surface area (Å²) in [6.07, 6.45) is 6.55. The van der Waals surface area contributed by atoms with Crippen molar-refractivity contribution in [3.63, 3.8) is 0 Å². The summed E-state index contributed by atoms with van der Waals surface area (Å²) in [4.78, 5) is 2.57. The predicted molar refractivity (Wildman–Crippen MR) is 81.2 cm³/mol. The molecular formula is C16H24ClNO. The molecule has 1 aromatic carbocycles. The van der Waals surface area contributed by atoms with E-state index in [1.165, 1.54) is 31.2 Å². The number of halogens is 1. The van der Waals surface area contributed by atoms with Crippen molar-refractivity contribution >= 4 is 11.6 Å². The van der Waals surface area contributed by atoms with E-state index in [1.807, 2.05) is 12.1 Å². The van der Waals surface area contributed by atoms with E-state index in [0.717, 1.165) is 37.2 Å². The molecule has 0 bridgehead atoms. The smallest absolute Gasteiger partial charge is 0.118 e. The molecule has 2 rings (SSSR count). The Bertz CT molecular complexity index is 360. The molecule has 106 valence electrons. The van der Waals surface area contributed by atoms with E-state index in [1.54, 1.807) is 7.11 Å². The van der Waals surface area contributed by atoms with Crippen LogP contribution in [0.5, 0.6) is 5.75 Å². The zero-order valence-electron chi connectivity index (χ0n) is 11.8. The third kappa shape index (κ3) is 4.39. The van der Waals surface area contributed by atoms with Crippen LogP contribution in [0.1, 0.15) is 31.2 Å². The van der Waals surface area contributed by atoms with Gasteiger partial charge in [0.2, 0.25) is 0 Å². The lowest BCUT2D eigenvalue weighted by atomic mass is 10.1. The first-order valence-corrected chi connectivity index (χ1v) is 7.80. The summed E-state index contributed by atoms with van der Waals surface area (Å²) in [5.74, 6) is 1.66. The van der Waals surface area contributed by atoms with Gasteiger partial charge < -0.3 is 4.74 Å². The fourth-order valence-electron chi connectivity index (χ4n) is 2.92. The minimum absolute atomic E-state index is 0.735. The van der Waals surface area contributed by atoms with Crippen molar-refractivity contribution in [2.24, 2.45) is 0 Å². The van der Waals surface area contributed by atoms with Gasteiger partial charge >= 0.3 is 0 Å². The van der Waals surface area contributed by atoms with Crippen LogP contribution in [0, 0.1) is 0 Å². The highest BCUT2D eigenvalue weighted by atomic mass is 35.5. The Balaban J connectivity index is 1.86. The largest absolute Gasteiger partial charge is 0.497 e. The highest BCUT2D eigenvalue weighted by Crippen LogP contribution is 2.23. The number of hydrogen-bond acceptors (Lipinski definition) is 2. The maximum absolute atomic E-state index is 5.94. The Kier molecular flexibility index (Phi) is 5.99. The van der Waals surface area contributed by atoms with Crippen molar-refractivity contribution in [1.82, 2.24) is 4.90 Å². The van der Waals surface area contributed by atoms with Crippen LogP contribution in [-0.4, -0.2) is 37.0 Å². The Morgan fingerprint density at radius 2 is 1.84 bits per heavy atom. The van der Waals surface area contributed by atoms with Gasteiger partial charge in [0.05, 0.1) is 7.11 Å². The third-order valence-electron chi connectivity index (χ3n) is 4.06. The van der Waals surface area contributed by atoms with Crippen LogP contribution in [0.2, 0.25) is 0 Å². The SMILES string of the molecule is COc1ccc(CCN(CCCl)C2CCCC2)cc1. The van der Waals surface area contributed by atoms with Gasteiger partial charge in [-0.3, -0.25) is 4.90 Å². The zero-order valence-corrected chi connectivity index (χ0v) is 12.5. The van der Waals surface area contributed by atoms with Gasteiger partial charge in [0.1, 0.15) is 5.75 Å². The van der Waals surface area contributed by atoms with Gasteiger partial charge in [0.15, 0.2) is 0 Å². The summed E-state index contributed by atoms with van der Waals surface area (Å²) >= 11 is 5.94. The number of nitrogens with zero attached hydrogens (tertiary/aromatic N) is 1. The lowest BCUT2D eigenvalue weighted by Crippen LogP contribution is -2.36. The molecule has 0 aliphatic heterocycles. The molecule has 1 aromatic rings. The van der Waals surface area contributed by atoms with Gasteiger partial charge in [-0.05, 0) is 37.0 Å². The van der Waals surface area contributed by atoms with Crippen LogP contribution in [0.25, 0.3) is 0 Å². The summed E-state index contributed by atoms with van der Waals surface area (Å²) in [7, 11) is 1.71. The van der Waals surface area contributed by atoms with E-state index < -0.39 is 0 Å².